The molecular formula is C11H13N3O2. The Morgan fingerprint density at radius 3 is 3.12 bits per heavy atom. The second-order valence-corrected chi connectivity index (χ2v) is 3.30. The molecule has 16 heavy (non-hydrogen) atoms. The lowest BCUT2D eigenvalue weighted by Gasteiger charge is -2.04. The number of carboxylic acids is 1. The molecule has 0 fully saturated rings. The molecule has 0 bridgehead atoms. The number of pyridine rings is 1. The Kier molecular flexibility index (Phi) is 4.96. The van der Waals surface area contributed by atoms with Crippen LogP contribution in [-0.2, 0) is 11.3 Å². The molecule has 1 rings (SSSR count). The molecule has 0 aliphatic rings. The minimum Gasteiger partial charge on any atom is -0.481 e. The summed E-state index contributed by atoms with van der Waals surface area (Å²) in [7, 11) is 0. The molecule has 2 N–H and O–H groups in total. The normalized spacial score (nSPS) is 9.69. The van der Waals surface area contributed by atoms with Crippen molar-refractivity contribution in [3.63, 3.8) is 0 Å². The predicted octanol–water partition coefficient (Wildman–Crippen LogP) is 0.908. The fourth-order valence-electron chi connectivity index (χ4n) is 1.27. The Morgan fingerprint density at radius 2 is 2.44 bits per heavy atom. The first-order chi connectivity index (χ1) is 7.74. The zero-order chi connectivity index (χ0) is 11.8. The van der Waals surface area contributed by atoms with E-state index in [4.69, 9.17) is 10.4 Å². The molecule has 0 aromatic carbocycles. The smallest absolute Gasteiger partial charge is 0.303 e. The van der Waals surface area contributed by atoms with Crippen LogP contribution in [0.1, 0.15) is 24.1 Å². The van der Waals surface area contributed by atoms with Gasteiger partial charge in [0.2, 0.25) is 0 Å². The average molecular weight is 219 g/mol. The van der Waals surface area contributed by atoms with Crippen LogP contribution >= 0.6 is 0 Å². The molecule has 1 heterocycles. The third-order valence-corrected chi connectivity index (χ3v) is 2.06. The minimum atomic E-state index is -0.791. The number of nitriles is 1. The lowest BCUT2D eigenvalue weighted by Crippen LogP contribution is -2.16. The van der Waals surface area contributed by atoms with Crippen LogP contribution in [0.2, 0.25) is 0 Å². The maximum absolute atomic E-state index is 10.3. The first-order valence-electron chi connectivity index (χ1n) is 5.00. The van der Waals surface area contributed by atoms with Gasteiger partial charge in [-0.15, -0.1) is 0 Å². The maximum atomic E-state index is 10.3. The molecule has 0 saturated heterocycles. The van der Waals surface area contributed by atoms with Gasteiger partial charge in [-0.1, -0.05) is 6.07 Å². The Balaban J connectivity index is 2.32. The van der Waals surface area contributed by atoms with Crippen LogP contribution in [0, 0.1) is 11.3 Å². The van der Waals surface area contributed by atoms with E-state index in [0.717, 1.165) is 5.56 Å². The van der Waals surface area contributed by atoms with Crippen molar-refractivity contribution in [3.8, 4) is 6.07 Å². The fourth-order valence-corrected chi connectivity index (χ4v) is 1.27. The monoisotopic (exact) mass is 219 g/mol. The molecule has 0 aliphatic carbocycles. The molecule has 0 spiro atoms. The van der Waals surface area contributed by atoms with Gasteiger partial charge in [0.15, 0.2) is 0 Å². The van der Waals surface area contributed by atoms with Gasteiger partial charge in [-0.2, -0.15) is 5.26 Å². The van der Waals surface area contributed by atoms with Crippen LogP contribution in [0.3, 0.4) is 0 Å². The van der Waals surface area contributed by atoms with Crippen LogP contribution in [0.25, 0.3) is 0 Å². The van der Waals surface area contributed by atoms with Gasteiger partial charge in [-0.25, -0.2) is 4.98 Å². The quantitative estimate of drug-likeness (QED) is 0.694. The topological polar surface area (TPSA) is 86.0 Å². The van der Waals surface area contributed by atoms with Gasteiger partial charge in [-0.05, 0) is 19.0 Å². The number of rotatable bonds is 6. The van der Waals surface area contributed by atoms with Gasteiger partial charge in [0, 0.05) is 24.7 Å². The molecule has 1 aromatic heterocycles. The standard InChI is InChI=1S/C11H13N3O2/c12-7-10-9(3-1-6-14-10)8-13-5-2-4-11(15)16/h1,3,6,13H,2,4-5,8H2,(H,15,16). The van der Waals surface area contributed by atoms with Gasteiger partial charge in [0.1, 0.15) is 11.8 Å². The highest BCUT2D eigenvalue weighted by atomic mass is 16.4. The van der Waals surface area contributed by atoms with E-state index in [1.54, 1.807) is 12.3 Å². The van der Waals surface area contributed by atoms with E-state index in [1.165, 1.54) is 0 Å². The molecule has 0 radical (unpaired) electrons. The number of aliphatic carboxylic acids is 1. The number of aromatic nitrogens is 1. The Labute approximate surface area is 93.7 Å². The second-order valence-electron chi connectivity index (χ2n) is 3.30. The van der Waals surface area contributed by atoms with E-state index >= 15 is 0 Å². The zero-order valence-corrected chi connectivity index (χ0v) is 8.81. The summed E-state index contributed by atoms with van der Waals surface area (Å²) in [4.78, 5) is 14.2. The number of carbonyl (C=O) groups is 1. The van der Waals surface area contributed by atoms with Crippen LogP contribution < -0.4 is 5.32 Å². The van der Waals surface area contributed by atoms with Crippen molar-refractivity contribution in [3.05, 3.63) is 29.6 Å². The first-order valence-corrected chi connectivity index (χ1v) is 5.00. The molecule has 84 valence electrons. The average Bonchev–Trinajstić information content (AvgIpc) is 2.29. The minimum absolute atomic E-state index is 0.158. The third-order valence-electron chi connectivity index (χ3n) is 2.06. The highest BCUT2D eigenvalue weighted by molar-refractivity contribution is 5.66. The van der Waals surface area contributed by atoms with Crippen LogP contribution in [0.5, 0.6) is 0 Å². The molecular weight excluding hydrogens is 206 g/mol. The number of hydrogen-bond donors (Lipinski definition) is 2. The van der Waals surface area contributed by atoms with Gasteiger partial charge in [-0.3, -0.25) is 4.79 Å². The van der Waals surface area contributed by atoms with Gasteiger partial charge >= 0.3 is 5.97 Å². The van der Waals surface area contributed by atoms with E-state index in [2.05, 4.69) is 10.3 Å². The third kappa shape index (κ3) is 4.07. The van der Waals surface area contributed by atoms with Crippen LogP contribution in [0.15, 0.2) is 18.3 Å². The first kappa shape index (κ1) is 12.1. The summed E-state index contributed by atoms with van der Waals surface area (Å²) in [6.45, 7) is 1.16. The second kappa shape index (κ2) is 6.53. The summed E-state index contributed by atoms with van der Waals surface area (Å²) in [6, 6.07) is 5.61. The summed E-state index contributed by atoms with van der Waals surface area (Å²) in [6.07, 6.45) is 2.31. The molecule has 0 amide bonds. The van der Waals surface area contributed by atoms with Crippen molar-refractivity contribution >= 4 is 5.97 Å². The van der Waals surface area contributed by atoms with Gasteiger partial charge < -0.3 is 10.4 Å². The molecule has 0 atom stereocenters. The molecule has 5 heteroatoms. The fraction of sp³-hybridized carbons (Fsp3) is 0.364. The van der Waals surface area contributed by atoms with E-state index in [0.29, 0.717) is 25.2 Å². The lowest BCUT2D eigenvalue weighted by atomic mass is 10.2. The largest absolute Gasteiger partial charge is 0.481 e. The van der Waals surface area contributed by atoms with Crippen molar-refractivity contribution in [2.24, 2.45) is 0 Å². The van der Waals surface area contributed by atoms with E-state index < -0.39 is 5.97 Å². The van der Waals surface area contributed by atoms with Crippen molar-refractivity contribution in [1.29, 1.82) is 5.26 Å². The van der Waals surface area contributed by atoms with E-state index in [1.807, 2.05) is 12.1 Å². The number of nitrogens with zero attached hydrogens (tertiary/aromatic N) is 2. The molecule has 0 unspecified atom stereocenters. The number of nitrogens with one attached hydrogen (secondary N) is 1. The number of carboxylic acid groups (broad SMARTS) is 1. The summed E-state index contributed by atoms with van der Waals surface area (Å²) in [5, 5.41) is 20.3. The highest BCUT2D eigenvalue weighted by Crippen LogP contribution is 2.03. The molecule has 5 nitrogen and oxygen atoms in total. The van der Waals surface area contributed by atoms with Crippen molar-refractivity contribution in [1.82, 2.24) is 10.3 Å². The Morgan fingerprint density at radius 1 is 1.62 bits per heavy atom. The molecule has 0 aliphatic heterocycles. The maximum Gasteiger partial charge on any atom is 0.303 e. The van der Waals surface area contributed by atoms with Gasteiger partial charge in [0.25, 0.3) is 0 Å². The number of hydrogen-bond acceptors (Lipinski definition) is 4. The van der Waals surface area contributed by atoms with E-state index in [9.17, 15) is 4.79 Å². The SMILES string of the molecule is N#Cc1ncccc1CNCCCC(=O)O. The summed E-state index contributed by atoms with van der Waals surface area (Å²) >= 11 is 0. The Bertz CT molecular complexity index is 398. The molecule has 1 aromatic rings. The highest BCUT2D eigenvalue weighted by Gasteiger charge is 2.01. The van der Waals surface area contributed by atoms with Crippen molar-refractivity contribution < 1.29 is 9.90 Å². The summed E-state index contributed by atoms with van der Waals surface area (Å²) in [5.74, 6) is -0.791. The van der Waals surface area contributed by atoms with Crippen LogP contribution in [0.4, 0.5) is 0 Å². The van der Waals surface area contributed by atoms with Crippen molar-refractivity contribution in [2.45, 2.75) is 19.4 Å². The Hall–Kier alpha value is -1.93. The van der Waals surface area contributed by atoms with E-state index in [-0.39, 0.29) is 6.42 Å². The van der Waals surface area contributed by atoms with Crippen molar-refractivity contribution in [2.75, 3.05) is 6.54 Å². The lowest BCUT2D eigenvalue weighted by molar-refractivity contribution is -0.137. The zero-order valence-electron chi connectivity index (χ0n) is 8.81. The van der Waals surface area contributed by atoms with Gasteiger partial charge in [0.05, 0.1) is 0 Å². The summed E-state index contributed by atoms with van der Waals surface area (Å²) < 4.78 is 0. The van der Waals surface area contributed by atoms with Crippen LogP contribution in [-0.4, -0.2) is 22.6 Å². The summed E-state index contributed by atoms with van der Waals surface area (Å²) in [5.41, 5.74) is 1.24. The molecule has 0 saturated carbocycles. The predicted molar refractivity (Wildman–Crippen MR) is 57.5 cm³/mol.